The second kappa shape index (κ2) is 7.94. The number of ether oxygens (including phenoxy) is 1. The van der Waals surface area contributed by atoms with E-state index in [1.165, 1.54) is 11.1 Å². The summed E-state index contributed by atoms with van der Waals surface area (Å²) in [6.07, 6.45) is 7.03. The molecule has 27 heavy (non-hydrogen) atoms. The maximum absolute atomic E-state index is 12.9. The Labute approximate surface area is 160 Å². The molecule has 0 N–H and O–H groups in total. The van der Waals surface area contributed by atoms with Crippen molar-refractivity contribution in [3.05, 3.63) is 47.8 Å². The highest BCUT2D eigenvalue weighted by atomic mass is 16.5. The van der Waals surface area contributed by atoms with Gasteiger partial charge < -0.3 is 14.5 Å². The van der Waals surface area contributed by atoms with Crippen molar-refractivity contribution in [2.24, 2.45) is 0 Å². The number of benzene rings is 1. The fourth-order valence-corrected chi connectivity index (χ4v) is 4.25. The summed E-state index contributed by atoms with van der Waals surface area (Å²) in [5, 5.41) is 0. The fraction of sp³-hybridized carbons (Fsp3) is 0.476. The van der Waals surface area contributed by atoms with Gasteiger partial charge in [-0.25, -0.2) is 9.97 Å². The summed E-state index contributed by atoms with van der Waals surface area (Å²) < 4.78 is 5.34. The predicted octanol–water partition coefficient (Wildman–Crippen LogP) is 2.64. The second-order valence-electron chi connectivity index (χ2n) is 7.25. The molecule has 1 aliphatic carbocycles. The van der Waals surface area contributed by atoms with E-state index >= 15 is 0 Å². The molecule has 6 heteroatoms. The van der Waals surface area contributed by atoms with Gasteiger partial charge in [-0.05, 0) is 36.3 Å². The molecule has 1 amide bonds. The van der Waals surface area contributed by atoms with Crippen molar-refractivity contribution >= 4 is 11.7 Å². The van der Waals surface area contributed by atoms with Crippen LogP contribution < -0.4 is 9.64 Å². The molecule has 1 fully saturated rings. The van der Waals surface area contributed by atoms with Crippen molar-refractivity contribution < 1.29 is 9.53 Å². The van der Waals surface area contributed by atoms with Gasteiger partial charge in [-0.15, -0.1) is 0 Å². The van der Waals surface area contributed by atoms with Gasteiger partial charge in [0.05, 0.1) is 7.11 Å². The van der Waals surface area contributed by atoms with Crippen LogP contribution in [-0.4, -0.2) is 54.1 Å². The number of rotatable bonds is 4. The molecule has 2 aromatic rings. The summed E-state index contributed by atoms with van der Waals surface area (Å²) in [7, 11) is 1.61. The van der Waals surface area contributed by atoms with Crippen LogP contribution in [-0.2, 0) is 11.2 Å². The first-order chi connectivity index (χ1) is 13.3. The predicted molar refractivity (Wildman–Crippen MR) is 104 cm³/mol. The molecule has 1 aliphatic heterocycles. The van der Waals surface area contributed by atoms with Crippen LogP contribution in [0.4, 0.5) is 5.82 Å². The standard InChI is InChI=1S/C21H26N4O2/c1-27-21-20(22-9-10-23-21)25-12-4-11-24(13-14-25)19(26)15-17-8-7-16-5-2-3-6-18(16)17/h2-3,5-6,9-10,17H,4,7-8,11-15H2,1H3. The molecule has 1 atom stereocenters. The number of carbonyl (C=O) groups excluding carboxylic acids is 1. The first kappa shape index (κ1) is 17.8. The maximum atomic E-state index is 12.9. The number of hydrogen-bond donors (Lipinski definition) is 0. The summed E-state index contributed by atoms with van der Waals surface area (Å²) in [6, 6.07) is 8.55. The molecule has 142 valence electrons. The molecular formula is C21H26N4O2. The smallest absolute Gasteiger partial charge is 0.257 e. The quantitative estimate of drug-likeness (QED) is 0.833. The number of amides is 1. The van der Waals surface area contributed by atoms with Gasteiger partial charge >= 0.3 is 0 Å². The Bertz CT molecular complexity index is 810. The minimum absolute atomic E-state index is 0.268. The lowest BCUT2D eigenvalue weighted by Crippen LogP contribution is -2.36. The third-order valence-corrected chi connectivity index (χ3v) is 5.67. The zero-order chi connectivity index (χ0) is 18.6. The normalized spacial score (nSPS) is 19.5. The minimum Gasteiger partial charge on any atom is -0.478 e. The lowest BCUT2D eigenvalue weighted by Gasteiger charge is -2.24. The Balaban J connectivity index is 1.39. The first-order valence-electron chi connectivity index (χ1n) is 9.72. The van der Waals surface area contributed by atoms with Gasteiger partial charge in [0, 0.05) is 45.0 Å². The van der Waals surface area contributed by atoms with Crippen LogP contribution >= 0.6 is 0 Å². The highest BCUT2D eigenvalue weighted by Crippen LogP contribution is 2.35. The van der Waals surface area contributed by atoms with Gasteiger partial charge in [-0.2, -0.15) is 0 Å². The number of carbonyl (C=O) groups is 1. The van der Waals surface area contributed by atoms with Gasteiger partial charge in [-0.1, -0.05) is 24.3 Å². The highest BCUT2D eigenvalue weighted by Gasteiger charge is 2.28. The summed E-state index contributed by atoms with van der Waals surface area (Å²) in [5.74, 6) is 1.94. The third-order valence-electron chi connectivity index (χ3n) is 5.67. The molecule has 0 bridgehead atoms. The third kappa shape index (κ3) is 3.75. The molecule has 1 saturated heterocycles. The van der Waals surface area contributed by atoms with Crippen LogP contribution in [0.2, 0.25) is 0 Å². The molecule has 2 aliphatic rings. The van der Waals surface area contributed by atoms with E-state index in [9.17, 15) is 4.79 Å². The number of methoxy groups -OCH3 is 1. The number of hydrogen-bond acceptors (Lipinski definition) is 5. The molecule has 1 aromatic heterocycles. The molecule has 0 radical (unpaired) electrons. The average molecular weight is 366 g/mol. The van der Waals surface area contributed by atoms with E-state index < -0.39 is 0 Å². The number of anilines is 1. The Hall–Kier alpha value is -2.63. The van der Waals surface area contributed by atoms with Gasteiger partial charge in [0.15, 0.2) is 5.82 Å². The summed E-state index contributed by atoms with van der Waals surface area (Å²) in [4.78, 5) is 25.8. The Kier molecular flexibility index (Phi) is 5.23. The Morgan fingerprint density at radius 3 is 2.89 bits per heavy atom. The minimum atomic E-state index is 0.268. The fourth-order valence-electron chi connectivity index (χ4n) is 4.25. The van der Waals surface area contributed by atoms with E-state index in [-0.39, 0.29) is 5.91 Å². The van der Waals surface area contributed by atoms with Crippen molar-refractivity contribution in [2.75, 3.05) is 38.2 Å². The molecule has 4 rings (SSSR count). The monoisotopic (exact) mass is 366 g/mol. The summed E-state index contributed by atoms with van der Waals surface area (Å²) >= 11 is 0. The van der Waals surface area contributed by atoms with Crippen LogP contribution in [0.15, 0.2) is 36.7 Å². The van der Waals surface area contributed by atoms with Gasteiger partial charge in [0.1, 0.15) is 0 Å². The van der Waals surface area contributed by atoms with Gasteiger partial charge in [-0.3, -0.25) is 4.79 Å². The van der Waals surface area contributed by atoms with Crippen LogP contribution in [0.5, 0.6) is 5.88 Å². The summed E-state index contributed by atoms with van der Waals surface area (Å²) in [5.41, 5.74) is 2.78. The van der Waals surface area contributed by atoms with Crippen molar-refractivity contribution in [3.8, 4) is 5.88 Å². The largest absolute Gasteiger partial charge is 0.478 e. The van der Waals surface area contributed by atoms with E-state index in [4.69, 9.17) is 4.74 Å². The van der Waals surface area contributed by atoms with Crippen LogP contribution in [0.25, 0.3) is 0 Å². The second-order valence-corrected chi connectivity index (χ2v) is 7.25. The Morgan fingerprint density at radius 2 is 2.00 bits per heavy atom. The SMILES string of the molecule is COc1nccnc1N1CCCN(C(=O)CC2CCc3ccccc32)CC1. The number of nitrogens with zero attached hydrogens (tertiary/aromatic N) is 4. The van der Waals surface area contributed by atoms with Gasteiger partial charge in [0.25, 0.3) is 5.88 Å². The zero-order valence-corrected chi connectivity index (χ0v) is 15.8. The lowest BCUT2D eigenvalue weighted by atomic mass is 9.97. The topological polar surface area (TPSA) is 58.6 Å². The first-order valence-corrected chi connectivity index (χ1v) is 9.72. The zero-order valence-electron chi connectivity index (χ0n) is 15.8. The van der Waals surface area contributed by atoms with Crippen molar-refractivity contribution in [3.63, 3.8) is 0 Å². The Morgan fingerprint density at radius 1 is 1.15 bits per heavy atom. The van der Waals surface area contributed by atoms with Crippen LogP contribution in [0.1, 0.15) is 36.3 Å². The molecule has 6 nitrogen and oxygen atoms in total. The molecule has 1 unspecified atom stereocenters. The number of aryl methyl sites for hydroxylation is 1. The van der Waals surface area contributed by atoms with E-state index in [1.807, 2.05) is 4.90 Å². The highest BCUT2D eigenvalue weighted by molar-refractivity contribution is 5.77. The van der Waals surface area contributed by atoms with E-state index in [0.717, 1.165) is 44.7 Å². The van der Waals surface area contributed by atoms with Crippen molar-refractivity contribution in [1.29, 1.82) is 0 Å². The maximum Gasteiger partial charge on any atom is 0.257 e. The molecule has 0 saturated carbocycles. The van der Waals surface area contributed by atoms with Crippen LogP contribution in [0.3, 0.4) is 0 Å². The van der Waals surface area contributed by atoms with Crippen LogP contribution in [0, 0.1) is 0 Å². The molecular weight excluding hydrogens is 340 g/mol. The number of aromatic nitrogens is 2. The van der Waals surface area contributed by atoms with E-state index in [2.05, 4.69) is 39.1 Å². The lowest BCUT2D eigenvalue weighted by molar-refractivity contribution is -0.131. The van der Waals surface area contributed by atoms with Gasteiger partial charge in [0.2, 0.25) is 5.91 Å². The molecule has 1 aromatic carbocycles. The molecule has 0 spiro atoms. The van der Waals surface area contributed by atoms with E-state index in [0.29, 0.717) is 24.8 Å². The number of fused-ring (bicyclic) bond motifs is 1. The summed E-state index contributed by atoms with van der Waals surface area (Å²) in [6.45, 7) is 3.12. The van der Waals surface area contributed by atoms with E-state index in [1.54, 1.807) is 19.5 Å². The van der Waals surface area contributed by atoms with Crippen molar-refractivity contribution in [1.82, 2.24) is 14.9 Å². The van der Waals surface area contributed by atoms with Crippen molar-refractivity contribution in [2.45, 2.75) is 31.6 Å². The average Bonchev–Trinajstić information content (AvgIpc) is 2.95. The molecule has 2 heterocycles.